The number of aromatic nitrogens is 2. The van der Waals surface area contributed by atoms with Crippen LogP contribution in [0.4, 0.5) is 0 Å². The van der Waals surface area contributed by atoms with Gasteiger partial charge >= 0.3 is 0 Å². The number of imidazole rings is 1. The highest BCUT2D eigenvalue weighted by molar-refractivity contribution is 5.76. The van der Waals surface area contributed by atoms with Crippen LogP contribution in [-0.4, -0.2) is 22.8 Å². The molecule has 0 amide bonds. The molecule has 1 aliphatic rings. The lowest BCUT2D eigenvalue weighted by Gasteiger charge is -2.14. The van der Waals surface area contributed by atoms with Gasteiger partial charge in [-0.25, -0.2) is 4.98 Å². The van der Waals surface area contributed by atoms with E-state index in [1.165, 1.54) is 0 Å². The minimum absolute atomic E-state index is 0.0370. The lowest BCUT2D eigenvalue weighted by atomic mass is 10.0. The van der Waals surface area contributed by atoms with E-state index in [0.29, 0.717) is 0 Å². The Balaban J connectivity index is 1.76. The highest BCUT2D eigenvalue weighted by Gasteiger charge is 2.28. The zero-order valence-electron chi connectivity index (χ0n) is 14.9. The van der Waals surface area contributed by atoms with Crippen LogP contribution in [0.5, 0.6) is 11.5 Å². The first-order chi connectivity index (χ1) is 12.1. The van der Waals surface area contributed by atoms with Crippen LogP contribution >= 0.6 is 0 Å². The van der Waals surface area contributed by atoms with E-state index in [4.69, 9.17) is 9.47 Å². The van der Waals surface area contributed by atoms with Gasteiger partial charge < -0.3 is 14.0 Å². The fraction of sp³-hybridized carbons (Fsp3) is 0.286. The lowest BCUT2D eigenvalue weighted by Crippen LogP contribution is -2.13. The van der Waals surface area contributed by atoms with Crippen LogP contribution in [0.1, 0.15) is 23.9 Å². The van der Waals surface area contributed by atoms with Crippen LogP contribution in [0, 0.1) is 6.92 Å². The van der Waals surface area contributed by atoms with Crippen molar-refractivity contribution in [2.75, 3.05) is 7.11 Å². The molecule has 0 unspecified atom stereocenters. The van der Waals surface area contributed by atoms with Crippen molar-refractivity contribution in [1.82, 2.24) is 9.55 Å². The molecule has 0 saturated carbocycles. The van der Waals surface area contributed by atoms with Gasteiger partial charge in [-0.05, 0) is 43.7 Å². The largest absolute Gasteiger partial charge is 0.496 e. The maximum absolute atomic E-state index is 6.00. The Labute approximate surface area is 147 Å². The summed E-state index contributed by atoms with van der Waals surface area (Å²) in [6.07, 6.45) is 0.848. The van der Waals surface area contributed by atoms with Gasteiger partial charge in [0.2, 0.25) is 0 Å². The molecule has 0 fully saturated rings. The summed E-state index contributed by atoms with van der Waals surface area (Å²) in [5.74, 6) is 2.82. The average Bonchev–Trinajstić information content (AvgIpc) is 3.16. The number of methoxy groups -OCH3 is 1. The van der Waals surface area contributed by atoms with Gasteiger partial charge in [0.05, 0.1) is 24.7 Å². The smallest absolute Gasteiger partial charge is 0.130 e. The summed E-state index contributed by atoms with van der Waals surface area (Å²) in [4.78, 5) is 4.66. The molecule has 1 atom stereocenters. The zero-order chi connectivity index (χ0) is 17.6. The van der Waals surface area contributed by atoms with Crippen molar-refractivity contribution in [3.63, 3.8) is 0 Å². The van der Waals surface area contributed by atoms with E-state index in [9.17, 15) is 0 Å². The molecule has 0 spiro atoms. The first-order valence-corrected chi connectivity index (χ1v) is 8.51. The van der Waals surface area contributed by atoms with Gasteiger partial charge in [-0.3, -0.25) is 0 Å². The fourth-order valence-corrected chi connectivity index (χ4v) is 3.56. The zero-order valence-corrected chi connectivity index (χ0v) is 14.9. The van der Waals surface area contributed by atoms with Crippen molar-refractivity contribution in [2.45, 2.75) is 32.9 Å². The molecule has 0 radical (unpaired) electrons. The van der Waals surface area contributed by atoms with Gasteiger partial charge in [-0.15, -0.1) is 0 Å². The summed E-state index contributed by atoms with van der Waals surface area (Å²) in [7, 11) is 1.73. The fourth-order valence-electron chi connectivity index (χ4n) is 3.56. The summed E-state index contributed by atoms with van der Waals surface area (Å²) in [5.41, 5.74) is 5.47. The molecule has 128 valence electrons. The van der Waals surface area contributed by atoms with Crippen molar-refractivity contribution in [1.29, 1.82) is 0 Å². The van der Waals surface area contributed by atoms with Gasteiger partial charge in [-0.2, -0.15) is 0 Å². The molecule has 4 nitrogen and oxygen atoms in total. The predicted molar refractivity (Wildman–Crippen MR) is 99.5 cm³/mol. The Morgan fingerprint density at radius 3 is 2.88 bits per heavy atom. The molecule has 4 rings (SSSR count). The first kappa shape index (κ1) is 15.8. The molecule has 0 bridgehead atoms. The van der Waals surface area contributed by atoms with Crippen molar-refractivity contribution in [2.24, 2.45) is 0 Å². The summed E-state index contributed by atoms with van der Waals surface area (Å²) >= 11 is 0. The number of nitrogens with zero attached hydrogens (tertiary/aromatic N) is 2. The molecular formula is C21H22N2O2. The van der Waals surface area contributed by atoms with Crippen LogP contribution in [0.2, 0.25) is 0 Å². The standard InChI is InChI=1S/C21H22N2O2/c1-13(2)20-11-16-19(25-20)10-9-15(21(16)24-4)12-23-14(3)22-17-7-5-6-8-18(17)23/h5-10,20H,1,11-12H2,2-4H3/t20-/m1/s1. The lowest BCUT2D eigenvalue weighted by molar-refractivity contribution is 0.271. The minimum atomic E-state index is 0.0370. The molecule has 3 aromatic rings. The van der Waals surface area contributed by atoms with E-state index in [-0.39, 0.29) is 6.10 Å². The van der Waals surface area contributed by atoms with E-state index in [0.717, 1.165) is 58.0 Å². The summed E-state index contributed by atoms with van der Waals surface area (Å²) in [5, 5.41) is 0. The SMILES string of the molecule is C=C(C)[C@H]1Cc2c(ccc(Cn3c(C)nc4ccccc43)c2OC)O1. The van der Waals surface area contributed by atoms with Crippen LogP contribution < -0.4 is 9.47 Å². The van der Waals surface area contributed by atoms with E-state index in [1.807, 2.05) is 38.1 Å². The normalized spacial score (nSPS) is 15.9. The highest BCUT2D eigenvalue weighted by Crippen LogP contribution is 2.40. The molecule has 0 N–H and O–H groups in total. The Kier molecular flexibility index (Phi) is 3.75. The number of ether oxygens (including phenoxy) is 2. The average molecular weight is 334 g/mol. The number of hydrogen-bond acceptors (Lipinski definition) is 3. The third-order valence-electron chi connectivity index (χ3n) is 4.89. The molecule has 0 saturated heterocycles. The van der Waals surface area contributed by atoms with Crippen LogP contribution in [-0.2, 0) is 13.0 Å². The van der Waals surface area contributed by atoms with Gasteiger partial charge in [0.15, 0.2) is 0 Å². The van der Waals surface area contributed by atoms with E-state index in [2.05, 4.69) is 28.3 Å². The second-order valence-electron chi connectivity index (χ2n) is 6.63. The van der Waals surface area contributed by atoms with E-state index >= 15 is 0 Å². The van der Waals surface area contributed by atoms with Crippen molar-refractivity contribution >= 4 is 11.0 Å². The molecule has 2 heterocycles. The number of fused-ring (bicyclic) bond motifs is 2. The number of para-hydroxylation sites is 2. The van der Waals surface area contributed by atoms with Crippen LogP contribution in [0.3, 0.4) is 0 Å². The molecule has 1 aliphatic heterocycles. The second-order valence-corrected chi connectivity index (χ2v) is 6.63. The molecule has 2 aromatic carbocycles. The maximum Gasteiger partial charge on any atom is 0.130 e. The number of hydrogen-bond donors (Lipinski definition) is 0. The van der Waals surface area contributed by atoms with Crippen molar-refractivity contribution in [3.8, 4) is 11.5 Å². The third-order valence-corrected chi connectivity index (χ3v) is 4.89. The minimum Gasteiger partial charge on any atom is -0.496 e. The number of rotatable bonds is 4. The Morgan fingerprint density at radius 2 is 2.12 bits per heavy atom. The van der Waals surface area contributed by atoms with Crippen molar-refractivity contribution in [3.05, 3.63) is 65.5 Å². The van der Waals surface area contributed by atoms with Gasteiger partial charge in [0.25, 0.3) is 0 Å². The Hall–Kier alpha value is -2.75. The monoisotopic (exact) mass is 334 g/mol. The summed E-state index contributed by atoms with van der Waals surface area (Å²) in [6.45, 7) is 8.80. The van der Waals surface area contributed by atoms with Gasteiger partial charge in [0.1, 0.15) is 23.4 Å². The van der Waals surface area contributed by atoms with E-state index < -0.39 is 0 Å². The summed E-state index contributed by atoms with van der Waals surface area (Å²) < 4.78 is 14.0. The Morgan fingerprint density at radius 1 is 1.32 bits per heavy atom. The molecular weight excluding hydrogens is 312 g/mol. The quantitative estimate of drug-likeness (QED) is 0.668. The van der Waals surface area contributed by atoms with E-state index in [1.54, 1.807) is 7.11 Å². The van der Waals surface area contributed by atoms with Gasteiger partial charge in [0, 0.05) is 17.5 Å². The summed E-state index contributed by atoms with van der Waals surface area (Å²) in [6, 6.07) is 12.4. The highest BCUT2D eigenvalue weighted by atomic mass is 16.5. The molecule has 25 heavy (non-hydrogen) atoms. The number of benzene rings is 2. The van der Waals surface area contributed by atoms with Crippen molar-refractivity contribution < 1.29 is 9.47 Å². The molecule has 4 heteroatoms. The number of aryl methyl sites for hydroxylation is 1. The van der Waals surface area contributed by atoms with Crippen LogP contribution in [0.25, 0.3) is 11.0 Å². The Bertz CT molecular complexity index is 971. The molecule has 0 aliphatic carbocycles. The van der Waals surface area contributed by atoms with Gasteiger partial charge in [-0.1, -0.05) is 18.7 Å². The third kappa shape index (κ3) is 2.58. The second kappa shape index (κ2) is 5.96. The van der Waals surface area contributed by atoms with Crippen LogP contribution in [0.15, 0.2) is 48.6 Å². The topological polar surface area (TPSA) is 36.3 Å². The maximum atomic E-state index is 6.00. The predicted octanol–water partition coefficient (Wildman–Crippen LogP) is 4.28. The first-order valence-electron chi connectivity index (χ1n) is 8.51. The molecule has 1 aromatic heterocycles.